The second kappa shape index (κ2) is 9.16. The molecule has 2 aromatic heterocycles. The number of carbonyl (C=O) groups is 2. The van der Waals surface area contributed by atoms with E-state index in [0.29, 0.717) is 21.3 Å². The number of halogens is 1. The summed E-state index contributed by atoms with van der Waals surface area (Å²) in [5.74, 6) is -0.651. The number of nitrogens with zero attached hydrogens (tertiary/aromatic N) is 2. The summed E-state index contributed by atoms with van der Waals surface area (Å²) in [5.41, 5.74) is 3.12. The molecule has 31 heavy (non-hydrogen) atoms. The Bertz CT molecular complexity index is 1230. The summed E-state index contributed by atoms with van der Waals surface area (Å²) in [6.45, 7) is 0. The molecule has 1 N–H and O–H groups in total. The van der Waals surface area contributed by atoms with Gasteiger partial charge in [0.05, 0.1) is 34.0 Å². The summed E-state index contributed by atoms with van der Waals surface area (Å²) < 4.78 is 7.00. The van der Waals surface area contributed by atoms with E-state index >= 15 is 0 Å². The third-order valence-corrected chi connectivity index (χ3v) is 5.79. The number of aromatic nitrogens is 2. The molecule has 156 valence electrons. The zero-order chi connectivity index (χ0) is 21.8. The highest BCUT2D eigenvalue weighted by Crippen LogP contribution is 2.33. The molecule has 0 aliphatic carbocycles. The molecule has 0 saturated heterocycles. The predicted molar refractivity (Wildman–Crippen MR) is 122 cm³/mol. The van der Waals surface area contributed by atoms with Gasteiger partial charge in [0.2, 0.25) is 0 Å². The van der Waals surface area contributed by atoms with E-state index in [9.17, 15) is 9.59 Å². The molecule has 0 aliphatic heterocycles. The molecule has 0 atom stereocenters. The Morgan fingerprint density at radius 2 is 1.90 bits per heavy atom. The quantitative estimate of drug-likeness (QED) is 0.408. The van der Waals surface area contributed by atoms with Crippen LogP contribution in [0.2, 0.25) is 4.34 Å². The van der Waals surface area contributed by atoms with Crippen LogP contribution < -0.4 is 5.32 Å². The van der Waals surface area contributed by atoms with Crippen molar-refractivity contribution in [2.75, 3.05) is 12.4 Å². The fourth-order valence-electron chi connectivity index (χ4n) is 3.07. The lowest BCUT2D eigenvalue weighted by atomic mass is 10.1. The molecule has 0 radical (unpaired) electrons. The summed E-state index contributed by atoms with van der Waals surface area (Å²) in [6, 6.07) is 20.3. The van der Waals surface area contributed by atoms with Gasteiger partial charge in [0.15, 0.2) is 0 Å². The van der Waals surface area contributed by atoms with Crippen molar-refractivity contribution in [3.8, 4) is 16.3 Å². The van der Waals surface area contributed by atoms with Gasteiger partial charge in [-0.1, -0.05) is 41.9 Å². The molecule has 0 fully saturated rings. The van der Waals surface area contributed by atoms with E-state index < -0.39 is 0 Å². The Kier molecular flexibility index (Phi) is 6.16. The first kappa shape index (κ1) is 20.8. The number of rotatable bonds is 6. The van der Waals surface area contributed by atoms with Crippen LogP contribution in [-0.4, -0.2) is 28.8 Å². The number of hydrogen-bond acceptors (Lipinski definition) is 5. The Morgan fingerprint density at radius 3 is 2.61 bits per heavy atom. The topological polar surface area (TPSA) is 73.2 Å². The van der Waals surface area contributed by atoms with Gasteiger partial charge in [-0.25, -0.2) is 4.68 Å². The van der Waals surface area contributed by atoms with Crippen molar-refractivity contribution in [3.05, 3.63) is 88.4 Å². The van der Waals surface area contributed by atoms with Crippen molar-refractivity contribution in [2.24, 2.45) is 0 Å². The smallest absolute Gasteiger partial charge is 0.309 e. The lowest BCUT2D eigenvalue weighted by Gasteiger charge is -2.07. The first-order valence-corrected chi connectivity index (χ1v) is 10.6. The molecular weight excluding hydrogens is 434 g/mol. The standard InChI is InChI=1S/C23H18ClN3O3S/c1-30-21(28)13-15-6-5-7-16(12-15)25-23(29)18-14-27(17-8-3-2-4-9-17)26-22(18)19-10-11-20(24)31-19/h2-12,14H,13H2,1H3,(H,25,29). The van der Waals surface area contributed by atoms with Crippen molar-refractivity contribution in [1.82, 2.24) is 9.78 Å². The minimum absolute atomic E-state index is 0.130. The van der Waals surface area contributed by atoms with Crippen LogP contribution in [0.3, 0.4) is 0 Å². The highest BCUT2D eigenvalue weighted by atomic mass is 35.5. The first-order chi connectivity index (χ1) is 15.0. The van der Waals surface area contributed by atoms with Crippen LogP contribution in [0.1, 0.15) is 15.9 Å². The maximum absolute atomic E-state index is 13.2. The number of benzene rings is 2. The van der Waals surface area contributed by atoms with Crippen molar-refractivity contribution in [1.29, 1.82) is 0 Å². The molecule has 0 bridgehead atoms. The monoisotopic (exact) mass is 451 g/mol. The molecule has 4 rings (SSSR count). The Morgan fingerprint density at radius 1 is 1.10 bits per heavy atom. The molecule has 0 saturated carbocycles. The highest BCUT2D eigenvalue weighted by molar-refractivity contribution is 7.19. The number of thiophene rings is 1. The third kappa shape index (κ3) is 4.84. The van der Waals surface area contributed by atoms with E-state index in [1.807, 2.05) is 36.4 Å². The average Bonchev–Trinajstić information content (AvgIpc) is 3.41. The Labute approximate surface area is 188 Å². The molecule has 2 heterocycles. The summed E-state index contributed by atoms with van der Waals surface area (Å²) in [5, 5.41) is 7.54. The number of carbonyl (C=O) groups excluding carboxylic acids is 2. The maximum atomic E-state index is 13.2. The van der Waals surface area contributed by atoms with Gasteiger partial charge in [-0.05, 0) is 42.0 Å². The summed E-state index contributed by atoms with van der Waals surface area (Å²) >= 11 is 7.47. The Balaban J connectivity index is 1.66. The summed E-state index contributed by atoms with van der Waals surface area (Å²) in [7, 11) is 1.34. The summed E-state index contributed by atoms with van der Waals surface area (Å²) in [6.07, 6.45) is 1.83. The molecule has 1 amide bonds. The van der Waals surface area contributed by atoms with Gasteiger partial charge in [-0.3, -0.25) is 9.59 Å². The van der Waals surface area contributed by atoms with Crippen LogP contribution in [0.25, 0.3) is 16.3 Å². The fourth-order valence-corrected chi connectivity index (χ4v) is 4.12. The van der Waals surface area contributed by atoms with Gasteiger partial charge in [0.25, 0.3) is 5.91 Å². The molecular formula is C23H18ClN3O3S. The number of esters is 1. The number of amides is 1. The fraction of sp³-hybridized carbons (Fsp3) is 0.0870. The number of anilines is 1. The van der Waals surface area contributed by atoms with Gasteiger partial charge in [-0.2, -0.15) is 5.10 Å². The third-order valence-electron chi connectivity index (χ3n) is 4.55. The number of ether oxygens (including phenoxy) is 1. The molecule has 8 heteroatoms. The minimum atomic E-state index is -0.343. The van der Waals surface area contributed by atoms with Crippen LogP contribution in [-0.2, 0) is 16.0 Å². The lowest BCUT2D eigenvalue weighted by molar-refractivity contribution is -0.139. The number of methoxy groups -OCH3 is 1. The SMILES string of the molecule is COC(=O)Cc1cccc(NC(=O)c2cn(-c3ccccc3)nc2-c2ccc(Cl)s2)c1. The van der Waals surface area contributed by atoms with Crippen LogP contribution in [0.15, 0.2) is 72.9 Å². The van der Waals surface area contributed by atoms with E-state index in [1.54, 1.807) is 41.2 Å². The van der Waals surface area contributed by atoms with E-state index in [1.165, 1.54) is 18.4 Å². The molecule has 2 aromatic carbocycles. The molecule has 0 unspecified atom stereocenters. The van der Waals surface area contributed by atoms with Crippen LogP contribution in [0.4, 0.5) is 5.69 Å². The van der Waals surface area contributed by atoms with Gasteiger partial charge < -0.3 is 10.1 Å². The first-order valence-electron chi connectivity index (χ1n) is 9.41. The van der Waals surface area contributed by atoms with E-state index in [-0.39, 0.29) is 18.3 Å². The number of para-hydroxylation sites is 1. The second-order valence-electron chi connectivity index (χ2n) is 6.68. The lowest BCUT2D eigenvalue weighted by Crippen LogP contribution is -2.12. The van der Waals surface area contributed by atoms with Gasteiger partial charge in [-0.15, -0.1) is 11.3 Å². The van der Waals surface area contributed by atoms with E-state index in [0.717, 1.165) is 16.1 Å². The van der Waals surface area contributed by atoms with Gasteiger partial charge in [0, 0.05) is 11.9 Å². The molecule has 0 spiro atoms. The van der Waals surface area contributed by atoms with Crippen molar-refractivity contribution < 1.29 is 14.3 Å². The maximum Gasteiger partial charge on any atom is 0.309 e. The average molecular weight is 452 g/mol. The molecule has 6 nitrogen and oxygen atoms in total. The van der Waals surface area contributed by atoms with E-state index in [2.05, 4.69) is 10.4 Å². The van der Waals surface area contributed by atoms with Gasteiger partial charge in [0.1, 0.15) is 5.69 Å². The zero-order valence-corrected chi connectivity index (χ0v) is 18.1. The van der Waals surface area contributed by atoms with Crippen LogP contribution >= 0.6 is 22.9 Å². The van der Waals surface area contributed by atoms with E-state index in [4.69, 9.17) is 16.3 Å². The van der Waals surface area contributed by atoms with Crippen LogP contribution in [0.5, 0.6) is 0 Å². The van der Waals surface area contributed by atoms with Crippen LogP contribution in [0, 0.1) is 0 Å². The molecule has 0 aliphatic rings. The van der Waals surface area contributed by atoms with Crippen molar-refractivity contribution >= 4 is 40.5 Å². The van der Waals surface area contributed by atoms with Gasteiger partial charge >= 0.3 is 5.97 Å². The second-order valence-corrected chi connectivity index (χ2v) is 8.40. The zero-order valence-electron chi connectivity index (χ0n) is 16.5. The summed E-state index contributed by atoms with van der Waals surface area (Å²) in [4.78, 5) is 25.5. The Hall–Kier alpha value is -3.42. The minimum Gasteiger partial charge on any atom is -0.469 e. The number of nitrogens with one attached hydrogen (secondary N) is 1. The predicted octanol–water partition coefficient (Wildman–Crippen LogP) is 5.22. The normalized spacial score (nSPS) is 10.6. The largest absolute Gasteiger partial charge is 0.469 e. The number of hydrogen-bond donors (Lipinski definition) is 1. The van der Waals surface area contributed by atoms with Crippen molar-refractivity contribution in [2.45, 2.75) is 6.42 Å². The highest BCUT2D eigenvalue weighted by Gasteiger charge is 2.20. The molecule has 4 aromatic rings. The van der Waals surface area contributed by atoms with Crippen molar-refractivity contribution in [3.63, 3.8) is 0 Å².